The van der Waals surface area contributed by atoms with Crippen LogP contribution in [0, 0.1) is 0 Å². The summed E-state index contributed by atoms with van der Waals surface area (Å²) in [6, 6.07) is 2.95. The third-order valence-corrected chi connectivity index (χ3v) is 10.2. The van der Waals surface area contributed by atoms with Crippen LogP contribution in [-0.2, 0) is 0 Å². The highest BCUT2D eigenvalue weighted by Gasteiger charge is 2.51. The number of aliphatic hydroxyl groups excluding tert-OH is 2. The number of hydrogen-bond acceptors (Lipinski definition) is 2. The molecule has 4 fully saturated rings. The number of fused-ring (bicyclic) bond motifs is 4. The van der Waals surface area contributed by atoms with Gasteiger partial charge in [0.2, 0.25) is 0 Å². The number of aliphatic hydroxyl groups is 2. The molecule has 4 unspecified atom stereocenters. The molecule has 0 aromatic rings. The van der Waals surface area contributed by atoms with Crippen LogP contribution in [0.2, 0.25) is 0 Å². The van der Waals surface area contributed by atoms with Crippen LogP contribution >= 0.6 is 0 Å². The molecule has 4 heteroatoms. The molecule has 4 bridgehead atoms. The number of unbranched alkanes of at least 4 members (excludes halogenated alkanes) is 7. The van der Waals surface area contributed by atoms with E-state index in [-0.39, 0.29) is 12.2 Å². The van der Waals surface area contributed by atoms with Crippen LogP contribution in [0.1, 0.15) is 103 Å². The van der Waals surface area contributed by atoms with Gasteiger partial charge in [-0.3, -0.25) is 0 Å². The summed E-state index contributed by atoms with van der Waals surface area (Å²) in [5.74, 6) is 0. The van der Waals surface area contributed by atoms with Gasteiger partial charge in [0.1, 0.15) is 0 Å². The van der Waals surface area contributed by atoms with E-state index < -0.39 is 0 Å². The second-order valence-corrected chi connectivity index (χ2v) is 12.0. The molecule has 0 aromatic carbocycles. The summed E-state index contributed by atoms with van der Waals surface area (Å²) < 4.78 is 2.54. The average molecular weight is 423 g/mol. The highest BCUT2D eigenvalue weighted by molar-refractivity contribution is 4.86. The lowest BCUT2D eigenvalue weighted by molar-refractivity contribution is -0.949. The third-order valence-electron chi connectivity index (χ3n) is 10.2. The van der Waals surface area contributed by atoms with Crippen molar-refractivity contribution < 1.29 is 19.2 Å². The zero-order chi connectivity index (χ0) is 21.2. The molecule has 0 aromatic heterocycles. The molecule has 2 N–H and O–H groups in total. The van der Waals surface area contributed by atoms with E-state index in [0.29, 0.717) is 0 Å². The maximum atomic E-state index is 10.1. The molecular weight excluding hydrogens is 372 g/mol. The monoisotopic (exact) mass is 422 g/mol. The largest absolute Gasteiger partial charge is 0.393 e. The topological polar surface area (TPSA) is 40.5 Å². The molecule has 4 aliphatic rings. The van der Waals surface area contributed by atoms with Gasteiger partial charge < -0.3 is 19.2 Å². The normalized spacial score (nSPS) is 45.2. The Morgan fingerprint density at radius 2 is 0.767 bits per heavy atom. The van der Waals surface area contributed by atoms with Crippen LogP contribution in [0.25, 0.3) is 0 Å². The van der Waals surface area contributed by atoms with Gasteiger partial charge in [0, 0.05) is 51.4 Å². The third kappa shape index (κ3) is 4.77. The van der Waals surface area contributed by atoms with Gasteiger partial charge in [0.05, 0.1) is 63.6 Å². The van der Waals surface area contributed by atoms with E-state index in [1.165, 1.54) is 99.1 Å². The van der Waals surface area contributed by atoms with Crippen LogP contribution in [0.15, 0.2) is 0 Å². The number of quaternary nitrogens is 2. The van der Waals surface area contributed by atoms with E-state index in [4.69, 9.17) is 0 Å². The predicted molar refractivity (Wildman–Crippen MR) is 123 cm³/mol. The molecule has 0 saturated carbocycles. The fraction of sp³-hybridized carbons (Fsp3) is 1.00. The Hall–Kier alpha value is -0.160. The van der Waals surface area contributed by atoms with E-state index in [2.05, 4.69) is 14.1 Å². The highest BCUT2D eigenvalue weighted by atomic mass is 16.3. The zero-order valence-corrected chi connectivity index (χ0v) is 20.0. The Morgan fingerprint density at radius 3 is 1.07 bits per heavy atom. The van der Waals surface area contributed by atoms with Gasteiger partial charge in [-0.05, 0) is 25.7 Å². The van der Waals surface area contributed by atoms with Crippen molar-refractivity contribution >= 4 is 0 Å². The Labute approximate surface area is 185 Å². The second-order valence-electron chi connectivity index (χ2n) is 12.0. The van der Waals surface area contributed by atoms with Gasteiger partial charge in [0.15, 0.2) is 0 Å². The minimum absolute atomic E-state index is 0.0186. The van der Waals surface area contributed by atoms with E-state index in [9.17, 15) is 10.2 Å². The Bertz CT molecular complexity index is 477. The van der Waals surface area contributed by atoms with Crippen molar-refractivity contribution in [2.45, 2.75) is 139 Å². The molecule has 4 rings (SSSR count). The van der Waals surface area contributed by atoms with Crippen LogP contribution in [0.5, 0.6) is 0 Å². The summed E-state index contributed by atoms with van der Waals surface area (Å²) in [6.45, 7) is 2.69. The standard InChI is InChI=1S/C26H50N2O2/c1-27(21-11-12-22(27)18-25(29)17-21)15-9-7-5-3-4-6-8-10-16-28(2)23-13-14-24(28)20-26(30)19-23/h21-26,29-30H,3-20H2,1-2H3/q+2. The van der Waals surface area contributed by atoms with E-state index in [1.54, 1.807) is 0 Å². The average Bonchev–Trinajstić information content (AvgIpc) is 2.98. The smallest absolute Gasteiger partial charge is 0.0917 e. The molecule has 0 spiro atoms. The van der Waals surface area contributed by atoms with Crippen LogP contribution in [0.4, 0.5) is 0 Å². The molecule has 4 nitrogen and oxygen atoms in total. The first-order valence-electron chi connectivity index (χ1n) is 13.5. The summed E-state index contributed by atoms with van der Waals surface area (Å²) in [5.41, 5.74) is 0. The van der Waals surface area contributed by atoms with Crippen molar-refractivity contribution in [3.8, 4) is 0 Å². The van der Waals surface area contributed by atoms with E-state index >= 15 is 0 Å². The quantitative estimate of drug-likeness (QED) is 0.383. The van der Waals surface area contributed by atoms with Gasteiger partial charge in [-0.2, -0.15) is 0 Å². The minimum atomic E-state index is -0.0186. The molecule has 4 saturated heterocycles. The van der Waals surface area contributed by atoms with Gasteiger partial charge in [0.25, 0.3) is 0 Å². The number of rotatable bonds is 11. The molecule has 0 radical (unpaired) electrons. The highest BCUT2D eigenvalue weighted by Crippen LogP contribution is 2.42. The molecule has 4 aliphatic heterocycles. The summed E-state index contributed by atoms with van der Waals surface area (Å²) in [7, 11) is 4.96. The molecule has 4 atom stereocenters. The Kier molecular flexibility index (Phi) is 7.49. The van der Waals surface area contributed by atoms with E-state index in [0.717, 1.165) is 49.9 Å². The molecule has 174 valence electrons. The van der Waals surface area contributed by atoms with Gasteiger partial charge in [-0.1, -0.05) is 25.7 Å². The fourth-order valence-electron chi connectivity index (χ4n) is 8.12. The molecule has 0 aliphatic carbocycles. The molecule has 4 heterocycles. The van der Waals surface area contributed by atoms with Crippen molar-refractivity contribution in [1.29, 1.82) is 0 Å². The first-order valence-corrected chi connectivity index (χ1v) is 13.5. The van der Waals surface area contributed by atoms with Crippen molar-refractivity contribution in [3.05, 3.63) is 0 Å². The molecule has 0 amide bonds. The SMILES string of the molecule is C[N+]1(CCCCCCCCCC[N+]2(C)C3CCC2CC(O)C3)C2CCC1CC(O)C2. The van der Waals surface area contributed by atoms with Gasteiger partial charge >= 0.3 is 0 Å². The van der Waals surface area contributed by atoms with Gasteiger partial charge in [-0.15, -0.1) is 0 Å². The number of piperidine rings is 2. The Balaban J connectivity index is 1.02. The Morgan fingerprint density at radius 1 is 0.500 bits per heavy atom. The van der Waals surface area contributed by atoms with Crippen molar-refractivity contribution in [2.24, 2.45) is 0 Å². The molecular formula is C26H50N2O2+2. The van der Waals surface area contributed by atoms with Crippen molar-refractivity contribution in [3.63, 3.8) is 0 Å². The second kappa shape index (κ2) is 9.77. The summed E-state index contributed by atoms with van der Waals surface area (Å²) >= 11 is 0. The zero-order valence-electron chi connectivity index (χ0n) is 20.0. The van der Waals surface area contributed by atoms with Crippen LogP contribution < -0.4 is 0 Å². The maximum absolute atomic E-state index is 10.1. The van der Waals surface area contributed by atoms with Crippen molar-refractivity contribution in [2.75, 3.05) is 27.2 Å². The van der Waals surface area contributed by atoms with E-state index in [1.807, 2.05) is 0 Å². The first-order chi connectivity index (χ1) is 14.4. The minimum Gasteiger partial charge on any atom is -0.393 e. The van der Waals surface area contributed by atoms with Crippen molar-refractivity contribution in [1.82, 2.24) is 0 Å². The number of hydrogen-bond donors (Lipinski definition) is 2. The molecule has 30 heavy (non-hydrogen) atoms. The first kappa shape index (κ1) is 23.0. The summed E-state index contributed by atoms with van der Waals surface area (Å²) in [5, 5.41) is 20.1. The van der Waals surface area contributed by atoms with Gasteiger partial charge in [-0.25, -0.2) is 0 Å². The summed E-state index contributed by atoms with van der Waals surface area (Å²) in [6.07, 6.45) is 20.7. The summed E-state index contributed by atoms with van der Waals surface area (Å²) in [4.78, 5) is 0. The lowest BCUT2D eigenvalue weighted by Gasteiger charge is -2.46. The lowest BCUT2D eigenvalue weighted by atomic mass is 9.96. The van der Waals surface area contributed by atoms with Crippen LogP contribution in [-0.4, -0.2) is 82.7 Å². The predicted octanol–water partition coefficient (Wildman–Crippen LogP) is 4.37. The lowest BCUT2D eigenvalue weighted by Crippen LogP contribution is -2.58. The maximum Gasteiger partial charge on any atom is 0.0917 e. The van der Waals surface area contributed by atoms with Crippen LogP contribution in [0.3, 0.4) is 0 Å². The number of nitrogens with zero attached hydrogens (tertiary/aromatic N) is 2. The fourth-order valence-corrected chi connectivity index (χ4v) is 8.12.